The van der Waals surface area contributed by atoms with Crippen molar-refractivity contribution in [3.63, 3.8) is 0 Å². The molecule has 0 spiro atoms. The lowest BCUT2D eigenvalue weighted by molar-refractivity contribution is -0.386. The van der Waals surface area contributed by atoms with Crippen molar-refractivity contribution in [3.8, 4) is 23.0 Å². The van der Waals surface area contributed by atoms with E-state index in [1.54, 1.807) is 61.2 Å². The molecule has 18 rings (SSSR count). The number of H-pyrrole nitrogens is 2. The molecule has 0 bridgehead atoms. The Bertz CT molecular complexity index is 6240. The summed E-state index contributed by atoms with van der Waals surface area (Å²) >= 11 is 15.4. The molecular weight excluding hydrogens is 1780 g/mol. The highest BCUT2D eigenvalue weighted by atomic mass is 35.5. The topological polar surface area (TPSA) is 311 Å². The number of likely N-dealkylation sites (N-methyl/N-ethyl adjacent to an activating group) is 1. The predicted molar refractivity (Wildman–Crippen MR) is 519 cm³/mol. The molecule has 2 amide bonds. The Labute approximate surface area is 784 Å². The number of rotatable bonds is 26. The Morgan fingerprint density at radius 3 is 1.33 bits per heavy atom. The van der Waals surface area contributed by atoms with E-state index in [0.717, 1.165) is 225 Å². The maximum absolute atomic E-state index is 14.1. The van der Waals surface area contributed by atoms with Crippen LogP contribution in [0.3, 0.4) is 0 Å². The lowest BCUT2D eigenvalue weighted by Gasteiger charge is -2.39. The SMILES string of the molecule is CC1(C)CCC(CN2CCN(c3ccc(C(=O)NS(=O)(=O)c4cc5c(c([N+](=O)[O-])c4)C[C@@H](CCN4CCCCC4)CS5)c(Oc4cnc5[nH]ccc5c4)c3)CC2)=C(c2ccc(Cl)cc2)C1.CN1CCN(CC[C@H]2CSc3cc(S(=O)(=O)NC(=O)c4ccc(N5CCN(CC6=C(c7ccc(Cl)cc7)CC(C)(C)CC6)CC5)cc4Oc4cnc5[nH]ccc5c4)cc([N+](=O)[O-])c3C2)CC1. The number of nitro groups is 2. The molecule has 0 saturated carbocycles. The normalized spacial score (nSPS) is 19.7. The molecule has 2 aliphatic carbocycles. The van der Waals surface area contributed by atoms with E-state index in [-0.39, 0.29) is 66.5 Å². The summed E-state index contributed by atoms with van der Waals surface area (Å²) in [6.45, 7) is 25.5. The number of pyridine rings is 2. The fourth-order valence-corrected chi connectivity index (χ4v) is 24.4. The second-order valence-corrected chi connectivity index (χ2v) is 44.1. The minimum Gasteiger partial charge on any atom is -0.455 e. The van der Waals surface area contributed by atoms with Crippen molar-refractivity contribution >= 4 is 135 Å². The number of ether oxygens (including phenoxy) is 2. The van der Waals surface area contributed by atoms with E-state index in [2.05, 4.69) is 123 Å². The molecule has 10 aromatic rings. The Kier molecular flexibility index (Phi) is 28.5. The number of hydrogen-bond acceptors (Lipinski definition) is 23. The number of carbonyl (C=O) groups is 2. The van der Waals surface area contributed by atoms with Gasteiger partial charge in [0.2, 0.25) is 0 Å². The molecular formula is C98H113Cl2N15O12S4. The first kappa shape index (κ1) is 92.9. The minimum atomic E-state index is -4.56. The van der Waals surface area contributed by atoms with E-state index >= 15 is 0 Å². The quantitative estimate of drug-likeness (QED) is 0.0289. The molecule has 8 aliphatic rings. The molecule has 10 heterocycles. The number of hydrogen-bond donors (Lipinski definition) is 4. The van der Waals surface area contributed by atoms with Crippen molar-refractivity contribution in [1.82, 2.24) is 53.9 Å². The van der Waals surface area contributed by atoms with Crippen LogP contribution in [0.2, 0.25) is 10.0 Å². The van der Waals surface area contributed by atoms with Crippen LogP contribution in [0, 0.1) is 42.9 Å². The van der Waals surface area contributed by atoms with Gasteiger partial charge in [-0.1, -0.05) is 92.7 Å². The number of aromatic amines is 2. The number of likely N-dealkylation sites (tertiary alicyclic amines) is 1. The van der Waals surface area contributed by atoms with Crippen LogP contribution >= 0.6 is 46.7 Å². The van der Waals surface area contributed by atoms with E-state index in [9.17, 15) is 46.7 Å². The van der Waals surface area contributed by atoms with E-state index in [1.807, 2.05) is 48.5 Å². The summed E-state index contributed by atoms with van der Waals surface area (Å²) in [6.07, 6.45) is 19.5. The number of nitrogens with zero attached hydrogens (tertiary/aromatic N) is 11. The van der Waals surface area contributed by atoms with Crippen molar-refractivity contribution in [2.45, 2.75) is 131 Å². The van der Waals surface area contributed by atoms with Crippen LogP contribution < -0.4 is 28.7 Å². The van der Waals surface area contributed by atoms with Crippen LogP contribution in [-0.4, -0.2) is 219 Å². The summed E-state index contributed by atoms with van der Waals surface area (Å²) < 4.78 is 73.2. The molecule has 4 fully saturated rings. The zero-order valence-electron chi connectivity index (χ0n) is 74.7. The minimum absolute atomic E-state index is 0.00889. The third kappa shape index (κ3) is 22.6. The van der Waals surface area contributed by atoms with Crippen LogP contribution in [0.5, 0.6) is 23.0 Å². The molecule has 27 nitrogen and oxygen atoms in total. The molecule has 0 radical (unpaired) electrons. The van der Waals surface area contributed by atoms with E-state index in [1.165, 1.54) is 88.3 Å². The molecule has 690 valence electrons. The van der Waals surface area contributed by atoms with Gasteiger partial charge in [-0.15, -0.1) is 23.5 Å². The Balaban J connectivity index is 0.000000183. The lowest BCUT2D eigenvalue weighted by Crippen LogP contribution is -2.47. The van der Waals surface area contributed by atoms with Crippen molar-refractivity contribution < 1.29 is 45.7 Å². The van der Waals surface area contributed by atoms with Gasteiger partial charge in [0.25, 0.3) is 43.2 Å². The molecule has 33 heteroatoms. The highest BCUT2D eigenvalue weighted by Gasteiger charge is 2.38. The molecule has 2 atom stereocenters. The van der Waals surface area contributed by atoms with Gasteiger partial charge in [0, 0.05) is 193 Å². The summed E-state index contributed by atoms with van der Waals surface area (Å²) in [5.74, 6) is 1.13. The number of benzene rings is 6. The summed E-state index contributed by atoms with van der Waals surface area (Å²) in [5.41, 5.74) is 12.3. The van der Waals surface area contributed by atoms with Gasteiger partial charge in [0.15, 0.2) is 0 Å². The molecule has 131 heavy (non-hydrogen) atoms. The largest absolute Gasteiger partial charge is 0.455 e. The summed E-state index contributed by atoms with van der Waals surface area (Å²) in [7, 11) is -6.98. The van der Waals surface area contributed by atoms with Crippen molar-refractivity contribution in [1.29, 1.82) is 0 Å². The number of fused-ring (bicyclic) bond motifs is 4. The van der Waals surface area contributed by atoms with Crippen LogP contribution in [0.25, 0.3) is 33.2 Å². The number of halogens is 2. The average molecular weight is 1890 g/mol. The van der Waals surface area contributed by atoms with Crippen molar-refractivity contribution in [2.75, 3.05) is 146 Å². The van der Waals surface area contributed by atoms with Crippen LogP contribution in [0.4, 0.5) is 22.7 Å². The second kappa shape index (κ2) is 40.1. The van der Waals surface area contributed by atoms with Crippen molar-refractivity contribution in [2.24, 2.45) is 22.7 Å². The Morgan fingerprint density at radius 2 is 0.916 bits per heavy atom. The van der Waals surface area contributed by atoms with E-state index < -0.39 is 41.7 Å². The molecule has 6 aromatic carbocycles. The number of thioether (sulfide) groups is 2. The number of sulfonamides is 2. The number of amides is 2. The summed E-state index contributed by atoms with van der Waals surface area (Å²) in [5, 5.41) is 28.0. The first-order valence-electron chi connectivity index (χ1n) is 45.5. The van der Waals surface area contributed by atoms with Gasteiger partial charge in [0.05, 0.1) is 43.2 Å². The van der Waals surface area contributed by atoms with Gasteiger partial charge in [-0.3, -0.25) is 39.6 Å². The van der Waals surface area contributed by atoms with Crippen LogP contribution in [-0.2, 0) is 32.9 Å². The van der Waals surface area contributed by atoms with Gasteiger partial charge in [-0.2, -0.15) is 0 Å². The zero-order valence-corrected chi connectivity index (χ0v) is 79.5. The Morgan fingerprint density at radius 1 is 0.511 bits per heavy atom. The molecule has 4 N–H and O–H groups in total. The van der Waals surface area contributed by atoms with Gasteiger partial charge in [-0.05, 0) is 240 Å². The number of piperazine rings is 3. The maximum Gasteiger partial charge on any atom is 0.275 e. The Hall–Kier alpha value is -9.90. The van der Waals surface area contributed by atoms with Gasteiger partial charge in [0.1, 0.15) is 34.3 Å². The van der Waals surface area contributed by atoms with Gasteiger partial charge in [-0.25, -0.2) is 36.2 Å². The first-order valence-corrected chi connectivity index (χ1v) is 51.2. The van der Waals surface area contributed by atoms with Gasteiger partial charge >= 0.3 is 0 Å². The predicted octanol–water partition coefficient (Wildman–Crippen LogP) is 18.7. The number of allylic oxidation sites excluding steroid dienone is 2. The fourth-order valence-electron chi connectivity index (χ4n) is 19.4. The highest BCUT2D eigenvalue weighted by molar-refractivity contribution is 7.99. The average Bonchev–Trinajstić information content (AvgIpc) is 1.23. The smallest absolute Gasteiger partial charge is 0.275 e. The van der Waals surface area contributed by atoms with Crippen molar-refractivity contribution in [3.05, 3.63) is 233 Å². The monoisotopic (exact) mass is 1890 g/mol. The third-order valence-electron chi connectivity index (χ3n) is 27.2. The number of carbonyl (C=O) groups excluding carboxylic acids is 2. The second-order valence-electron chi connectivity index (χ2n) is 37.7. The van der Waals surface area contributed by atoms with Gasteiger partial charge < -0.3 is 43.9 Å². The molecule has 4 saturated heterocycles. The number of piperidine rings is 1. The van der Waals surface area contributed by atoms with Crippen LogP contribution in [0.1, 0.15) is 141 Å². The number of nitro benzene ring substituents is 2. The highest BCUT2D eigenvalue weighted by Crippen LogP contribution is 2.48. The fraction of sp³-hybridized carbons (Fsp3) is 0.429. The number of nitrogens with one attached hydrogen (secondary N) is 4. The summed E-state index contributed by atoms with van der Waals surface area (Å²) in [4.78, 5) is 84.3. The number of anilines is 2. The summed E-state index contributed by atoms with van der Waals surface area (Å²) in [6, 6.07) is 39.1. The lowest BCUT2D eigenvalue weighted by atomic mass is 9.72. The molecule has 6 aliphatic heterocycles. The van der Waals surface area contributed by atoms with E-state index in [4.69, 9.17) is 32.7 Å². The first-order chi connectivity index (χ1) is 62.9. The zero-order chi connectivity index (χ0) is 91.5. The maximum atomic E-state index is 14.1. The standard InChI is InChI=1S/C49H57ClN8O6S2.C49H56ClN7O6S2/c1-49(2)13-10-36(43(29-49)34-4-6-37(50)7-5-34)31-56-20-22-57(23-21-56)38-8-9-41(45(26-38)64-39-25-35-11-14-51-47(35)52-30-39)48(59)53-66(62,63)40-27-44(58(60)61)42-24-33(32-65-46(42)28-40)12-15-55-18-16-54(3)17-19-55;1-49(2)15-12-36(43(29-49)34-6-8-37(50)9-7-34)31-55-20-22-56(23-21-55)38-10-11-41(45(26-38)63-39-25-35-13-16-51-47(35)52-30-39)48(58)53-65(61,62)40-27-44(57(59)60)42-24-33(32-64-46(42)28-40)14-19-54-17-4-3-5-18-54/h4-9,11,14,25-28,30,33H,10,12-13,15-24,29,31-32H2,1-3H3,(H,51,52)(H,53,59);6-11,13,16,25-28,30,33H,3-5,12,14-15,17-24,29,31-32H2,1-2H3,(H,51,52)(H,53,58)/t2*33-/m11/s1. The molecule has 0 unspecified atom stereocenters. The third-order valence-corrected chi connectivity index (χ3v) is 32.9. The van der Waals surface area contributed by atoms with Crippen LogP contribution in [0.15, 0.2) is 189 Å². The molecule has 4 aromatic heterocycles. The number of aromatic nitrogens is 4. The van der Waals surface area contributed by atoms with E-state index in [0.29, 0.717) is 56.6 Å².